The summed E-state index contributed by atoms with van der Waals surface area (Å²) in [5.74, 6) is 5.87. The van der Waals surface area contributed by atoms with Crippen molar-refractivity contribution in [3.63, 3.8) is 0 Å². The largest absolute Gasteiger partial charge is 0.271 e. The molecule has 1 aromatic heterocycles. The van der Waals surface area contributed by atoms with Gasteiger partial charge >= 0.3 is 0 Å². The number of hydrogen-bond acceptors (Lipinski definition) is 3. The number of fused-ring (bicyclic) bond motifs is 1. The van der Waals surface area contributed by atoms with Gasteiger partial charge in [0.15, 0.2) is 0 Å². The second-order valence-electron chi connectivity index (χ2n) is 5.69. The van der Waals surface area contributed by atoms with Gasteiger partial charge in [-0.05, 0) is 67.9 Å². The van der Waals surface area contributed by atoms with Crippen molar-refractivity contribution in [2.75, 3.05) is 0 Å². The molecule has 1 heterocycles. The summed E-state index contributed by atoms with van der Waals surface area (Å²) < 4.78 is 0. The molecule has 2 nitrogen and oxygen atoms in total. The molecule has 0 amide bonds. The van der Waals surface area contributed by atoms with Crippen molar-refractivity contribution < 1.29 is 0 Å². The molecule has 0 radical (unpaired) electrons. The van der Waals surface area contributed by atoms with E-state index in [1.165, 1.54) is 47.3 Å². The molecule has 1 atom stereocenters. The number of aryl methyl sites for hydroxylation is 3. The quantitative estimate of drug-likeness (QED) is 0.665. The summed E-state index contributed by atoms with van der Waals surface area (Å²) in [6.45, 7) is 4.34. The van der Waals surface area contributed by atoms with Gasteiger partial charge in [0, 0.05) is 9.75 Å². The second kappa shape index (κ2) is 5.68. The highest BCUT2D eigenvalue weighted by Gasteiger charge is 2.21. The molecule has 3 heteroatoms. The number of nitrogens with one attached hydrogen (secondary N) is 1. The van der Waals surface area contributed by atoms with Gasteiger partial charge in [0.25, 0.3) is 0 Å². The van der Waals surface area contributed by atoms with E-state index in [0.717, 1.165) is 0 Å². The van der Waals surface area contributed by atoms with E-state index < -0.39 is 0 Å². The summed E-state index contributed by atoms with van der Waals surface area (Å²) in [4.78, 5) is 2.92. The molecule has 3 rings (SSSR count). The predicted octanol–water partition coefficient (Wildman–Crippen LogP) is 3.80. The molecule has 106 valence electrons. The van der Waals surface area contributed by atoms with Crippen molar-refractivity contribution in [1.29, 1.82) is 0 Å². The number of hydrazine groups is 1. The van der Waals surface area contributed by atoms with Crippen LogP contribution in [0.25, 0.3) is 0 Å². The standard InChI is InChI=1S/C17H22N2S/c1-11-6-5-8-14(12(11)2)17(19-18)16-10-13-7-3-4-9-15(13)20-16/h5-6,8,10,17,19H,3-4,7,9,18H2,1-2H3. The summed E-state index contributed by atoms with van der Waals surface area (Å²) in [6, 6.07) is 8.95. The Morgan fingerprint density at radius 2 is 2.00 bits per heavy atom. The van der Waals surface area contributed by atoms with Crippen molar-refractivity contribution in [3.8, 4) is 0 Å². The molecule has 1 aromatic carbocycles. The summed E-state index contributed by atoms with van der Waals surface area (Å²) in [5, 5.41) is 0. The molecular weight excluding hydrogens is 264 g/mol. The lowest BCUT2D eigenvalue weighted by atomic mass is 9.95. The Kier molecular flexibility index (Phi) is 3.92. The molecule has 0 saturated heterocycles. The third kappa shape index (κ3) is 2.41. The topological polar surface area (TPSA) is 38.0 Å². The van der Waals surface area contributed by atoms with Crippen LogP contribution in [0.4, 0.5) is 0 Å². The fourth-order valence-corrected chi connectivity index (χ4v) is 4.40. The molecule has 1 unspecified atom stereocenters. The Balaban J connectivity index is 2.01. The SMILES string of the molecule is Cc1cccc(C(NN)c2cc3c(s2)CCCC3)c1C. The lowest BCUT2D eigenvalue weighted by Gasteiger charge is -2.18. The summed E-state index contributed by atoms with van der Waals surface area (Å²) in [6.07, 6.45) is 5.13. The van der Waals surface area contributed by atoms with Gasteiger partial charge in [0.2, 0.25) is 0 Å². The van der Waals surface area contributed by atoms with Crippen molar-refractivity contribution in [2.45, 2.75) is 45.6 Å². The zero-order chi connectivity index (χ0) is 14.1. The van der Waals surface area contributed by atoms with E-state index in [4.69, 9.17) is 5.84 Å². The molecule has 2 aromatic rings. The van der Waals surface area contributed by atoms with E-state index in [-0.39, 0.29) is 6.04 Å². The third-order valence-corrected chi connectivity index (χ3v) is 5.73. The summed E-state index contributed by atoms with van der Waals surface area (Å²) >= 11 is 1.93. The van der Waals surface area contributed by atoms with Crippen LogP contribution in [-0.4, -0.2) is 0 Å². The zero-order valence-electron chi connectivity index (χ0n) is 12.2. The maximum atomic E-state index is 5.87. The van der Waals surface area contributed by atoms with Crippen LogP contribution in [0.5, 0.6) is 0 Å². The Morgan fingerprint density at radius 3 is 2.75 bits per heavy atom. The first kappa shape index (κ1) is 13.8. The van der Waals surface area contributed by atoms with E-state index in [9.17, 15) is 0 Å². The van der Waals surface area contributed by atoms with Crippen molar-refractivity contribution in [1.82, 2.24) is 5.43 Å². The predicted molar refractivity (Wildman–Crippen MR) is 86.0 cm³/mol. The average Bonchev–Trinajstić information content (AvgIpc) is 2.87. The molecule has 0 spiro atoms. The highest BCUT2D eigenvalue weighted by atomic mass is 32.1. The van der Waals surface area contributed by atoms with E-state index in [1.54, 1.807) is 10.4 Å². The van der Waals surface area contributed by atoms with Crippen LogP contribution in [0.1, 0.15) is 50.9 Å². The number of hydrogen-bond donors (Lipinski definition) is 2. The van der Waals surface area contributed by atoms with Crippen LogP contribution in [0, 0.1) is 13.8 Å². The minimum absolute atomic E-state index is 0.116. The van der Waals surface area contributed by atoms with Crippen LogP contribution in [0.2, 0.25) is 0 Å². The third-order valence-electron chi connectivity index (χ3n) is 4.42. The molecule has 0 saturated carbocycles. The van der Waals surface area contributed by atoms with Crippen LogP contribution in [-0.2, 0) is 12.8 Å². The number of rotatable bonds is 3. The van der Waals surface area contributed by atoms with Gasteiger partial charge in [0.1, 0.15) is 0 Å². The molecule has 0 fully saturated rings. The first-order valence-electron chi connectivity index (χ1n) is 7.34. The highest BCUT2D eigenvalue weighted by molar-refractivity contribution is 7.12. The fraction of sp³-hybridized carbons (Fsp3) is 0.412. The maximum absolute atomic E-state index is 5.87. The van der Waals surface area contributed by atoms with Crippen LogP contribution in [0.3, 0.4) is 0 Å². The Bertz CT molecular complexity index is 592. The molecule has 0 aliphatic heterocycles. The average molecular weight is 286 g/mol. The van der Waals surface area contributed by atoms with Crippen molar-refractivity contribution >= 4 is 11.3 Å². The molecule has 20 heavy (non-hydrogen) atoms. The normalized spacial score (nSPS) is 15.9. The van der Waals surface area contributed by atoms with Crippen molar-refractivity contribution in [2.24, 2.45) is 5.84 Å². The Morgan fingerprint density at radius 1 is 1.20 bits per heavy atom. The van der Waals surface area contributed by atoms with Gasteiger partial charge in [-0.25, -0.2) is 5.43 Å². The number of benzene rings is 1. The van der Waals surface area contributed by atoms with Crippen LogP contribution < -0.4 is 11.3 Å². The second-order valence-corrected chi connectivity index (χ2v) is 6.86. The van der Waals surface area contributed by atoms with Crippen LogP contribution in [0.15, 0.2) is 24.3 Å². The fourth-order valence-electron chi connectivity index (χ4n) is 3.07. The lowest BCUT2D eigenvalue weighted by Crippen LogP contribution is -2.28. The van der Waals surface area contributed by atoms with Crippen LogP contribution >= 0.6 is 11.3 Å². The van der Waals surface area contributed by atoms with E-state index in [0.29, 0.717) is 0 Å². The highest BCUT2D eigenvalue weighted by Crippen LogP contribution is 2.36. The molecule has 1 aliphatic carbocycles. The number of thiophene rings is 1. The maximum Gasteiger partial charge on any atom is 0.0805 e. The molecule has 0 bridgehead atoms. The van der Waals surface area contributed by atoms with Gasteiger partial charge in [-0.2, -0.15) is 0 Å². The van der Waals surface area contributed by atoms with E-state index in [1.807, 2.05) is 11.3 Å². The summed E-state index contributed by atoms with van der Waals surface area (Å²) in [5.41, 5.74) is 8.52. The van der Waals surface area contributed by atoms with Gasteiger partial charge in [0.05, 0.1) is 6.04 Å². The minimum atomic E-state index is 0.116. The monoisotopic (exact) mass is 286 g/mol. The van der Waals surface area contributed by atoms with E-state index in [2.05, 4.69) is 43.5 Å². The van der Waals surface area contributed by atoms with Gasteiger partial charge in [-0.15, -0.1) is 11.3 Å². The Hall–Kier alpha value is -1.16. The lowest BCUT2D eigenvalue weighted by molar-refractivity contribution is 0.641. The molecule has 3 N–H and O–H groups in total. The molecule has 1 aliphatic rings. The first-order valence-corrected chi connectivity index (χ1v) is 8.16. The first-order chi connectivity index (χ1) is 9.70. The number of nitrogens with two attached hydrogens (primary N) is 1. The zero-order valence-corrected chi connectivity index (χ0v) is 13.0. The minimum Gasteiger partial charge on any atom is -0.271 e. The Labute approximate surface area is 125 Å². The summed E-state index contributed by atoms with van der Waals surface area (Å²) in [7, 11) is 0. The van der Waals surface area contributed by atoms with Gasteiger partial charge in [-0.1, -0.05) is 18.2 Å². The molecular formula is C17H22N2S. The van der Waals surface area contributed by atoms with E-state index >= 15 is 0 Å². The smallest absolute Gasteiger partial charge is 0.0805 e. The van der Waals surface area contributed by atoms with Gasteiger partial charge < -0.3 is 0 Å². The van der Waals surface area contributed by atoms with Crippen molar-refractivity contribution in [3.05, 3.63) is 56.3 Å². The van der Waals surface area contributed by atoms with Gasteiger partial charge in [-0.3, -0.25) is 5.84 Å².